The molecular formula is C16H21N5O4. The summed E-state index contributed by atoms with van der Waals surface area (Å²) in [5.74, 6) is -1.54. The molecule has 5 N–H and O–H groups in total. The predicted octanol–water partition coefficient (Wildman–Crippen LogP) is -0.790. The number of piperazine rings is 1. The molecule has 25 heavy (non-hydrogen) atoms. The number of nitrogens with zero attached hydrogens (tertiary/aromatic N) is 2. The quantitative estimate of drug-likeness (QED) is 0.376. The van der Waals surface area contributed by atoms with E-state index in [4.69, 9.17) is 16.2 Å². The van der Waals surface area contributed by atoms with Crippen LogP contribution in [-0.4, -0.2) is 66.3 Å². The van der Waals surface area contributed by atoms with Gasteiger partial charge in [-0.15, -0.1) is 0 Å². The standard InChI is InChI=1S/C16H21N5O4/c17-16(18)11-1-3-12(4-2-11)20-7-8-21(14(23)10-20)9-13(22)19-6-5-15(24)25/h1-4H,5-10H2,(H3,17,18)(H,19,22)(H,24,25). The van der Waals surface area contributed by atoms with Crippen LogP contribution in [0.5, 0.6) is 0 Å². The van der Waals surface area contributed by atoms with E-state index in [1.807, 2.05) is 4.90 Å². The average Bonchev–Trinajstić information content (AvgIpc) is 2.56. The number of carbonyl (C=O) groups excluding carboxylic acids is 2. The molecule has 0 aromatic heterocycles. The van der Waals surface area contributed by atoms with Gasteiger partial charge in [0.15, 0.2) is 0 Å². The zero-order valence-corrected chi connectivity index (χ0v) is 13.7. The van der Waals surface area contributed by atoms with E-state index >= 15 is 0 Å². The average molecular weight is 347 g/mol. The molecule has 0 saturated carbocycles. The monoisotopic (exact) mass is 347 g/mol. The molecule has 1 saturated heterocycles. The molecular weight excluding hydrogens is 326 g/mol. The summed E-state index contributed by atoms with van der Waals surface area (Å²) in [6.45, 7) is 1.11. The van der Waals surface area contributed by atoms with Crippen molar-refractivity contribution in [3.63, 3.8) is 0 Å². The maximum absolute atomic E-state index is 12.2. The van der Waals surface area contributed by atoms with Crippen LogP contribution in [0.1, 0.15) is 12.0 Å². The van der Waals surface area contributed by atoms with Crippen molar-refractivity contribution >= 4 is 29.3 Å². The van der Waals surface area contributed by atoms with Gasteiger partial charge in [-0.3, -0.25) is 19.8 Å². The number of hydrogen-bond acceptors (Lipinski definition) is 5. The van der Waals surface area contributed by atoms with E-state index in [0.717, 1.165) is 5.69 Å². The minimum absolute atomic E-state index is 0.0126. The molecule has 1 heterocycles. The van der Waals surface area contributed by atoms with E-state index in [1.54, 1.807) is 24.3 Å². The second kappa shape index (κ2) is 8.13. The number of anilines is 1. The highest BCUT2D eigenvalue weighted by molar-refractivity contribution is 5.95. The zero-order chi connectivity index (χ0) is 18.4. The Kier molecular flexibility index (Phi) is 5.93. The Balaban J connectivity index is 1.85. The Labute approximate surface area is 144 Å². The van der Waals surface area contributed by atoms with E-state index in [-0.39, 0.29) is 43.7 Å². The summed E-state index contributed by atoms with van der Waals surface area (Å²) >= 11 is 0. The van der Waals surface area contributed by atoms with Gasteiger partial charge >= 0.3 is 5.97 Å². The van der Waals surface area contributed by atoms with Gasteiger partial charge in [0.1, 0.15) is 5.84 Å². The van der Waals surface area contributed by atoms with Gasteiger partial charge in [-0.25, -0.2) is 0 Å². The molecule has 0 aliphatic carbocycles. The first kappa shape index (κ1) is 18.2. The minimum Gasteiger partial charge on any atom is -0.481 e. The van der Waals surface area contributed by atoms with Crippen molar-refractivity contribution in [1.29, 1.82) is 5.41 Å². The number of amides is 2. The van der Waals surface area contributed by atoms with Crippen molar-refractivity contribution in [2.24, 2.45) is 5.73 Å². The number of carboxylic acids is 1. The van der Waals surface area contributed by atoms with Gasteiger partial charge in [-0.2, -0.15) is 0 Å². The van der Waals surface area contributed by atoms with E-state index in [1.165, 1.54) is 4.90 Å². The number of nitrogens with one attached hydrogen (secondary N) is 2. The molecule has 0 atom stereocenters. The molecule has 134 valence electrons. The van der Waals surface area contributed by atoms with Gasteiger partial charge in [0.2, 0.25) is 11.8 Å². The Morgan fingerprint density at radius 1 is 1.24 bits per heavy atom. The molecule has 1 fully saturated rings. The van der Waals surface area contributed by atoms with Crippen LogP contribution in [0, 0.1) is 5.41 Å². The second-order valence-corrected chi connectivity index (χ2v) is 5.69. The predicted molar refractivity (Wildman–Crippen MR) is 91.5 cm³/mol. The smallest absolute Gasteiger partial charge is 0.305 e. The highest BCUT2D eigenvalue weighted by Gasteiger charge is 2.25. The van der Waals surface area contributed by atoms with Gasteiger partial charge in [-0.1, -0.05) is 0 Å². The van der Waals surface area contributed by atoms with Crippen LogP contribution < -0.4 is 16.0 Å². The van der Waals surface area contributed by atoms with Crippen LogP contribution in [0.4, 0.5) is 5.69 Å². The van der Waals surface area contributed by atoms with E-state index in [2.05, 4.69) is 5.32 Å². The molecule has 9 heteroatoms. The number of nitrogen functional groups attached to an aromatic ring is 1. The lowest BCUT2D eigenvalue weighted by Gasteiger charge is -2.35. The van der Waals surface area contributed by atoms with Gasteiger partial charge in [-0.05, 0) is 24.3 Å². The lowest BCUT2D eigenvalue weighted by Crippen LogP contribution is -2.53. The van der Waals surface area contributed by atoms with Crippen molar-refractivity contribution in [3.05, 3.63) is 29.8 Å². The maximum Gasteiger partial charge on any atom is 0.305 e. The van der Waals surface area contributed by atoms with E-state index in [0.29, 0.717) is 18.7 Å². The SMILES string of the molecule is N=C(N)c1ccc(N2CCN(CC(=O)NCCC(=O)O)C(=O)C2)cc1. The molecule has 0 radical (unpaired) electrons. The molecule has 0 spiro atoms. The third kappa shape index (κ3) is 5.20. The van der Waals surface area contributed by atoms with Crippen LogP contribution in [0.15, 0.2) is 24.3 Å². The van der Waals surface area contributed by atoms with Crippen molar-refractivity contribution in [2.75, 3.05) is 37.6 Å². The summed E-state index contributed by atoms with van der Waals surface area (Å²) in [4.78, 5) is 37.7. The molecule has 1 aromatic carbocycles. The van der Waals surface area contributed by atoms with Crippen LogP contribution in [0.2, 0.25) is 0 Å². The van der Waals surface area contributed by atoms with Crippen molar-refractivity contribution in [2.45, 2.75) is 6.42 Å². The largest absolute Gasteiger partial charge is 0.481 e. The fourth-order valence-electron chi connectivity index (χ4n) is 2.49. The second-order valence-electron chi connectivity index (χ2n) is 5.69. The molecule has 1 aromatic rings. The first-order valence-electron chi connectivity index (χ1n) is 7.82. The first-order chi connectivity index (χ1) is 11.9. The number of carboxylic acid groups (broad SMARTS) is 1. The lowest BCUT2D eigenvalue weighted by atomic mass is 10.1. The maximum atomic E-state index is 12.2. The lowest BCUT2D eigenvalue weighted by molar-refractivity contribution is -0.138. The summed E-state index contributed by atoms with van der Waals surface area (Å²) in [5.41, 5.74) is 6.89. The molecule has 2 amide bonds. The molecule has 9 nitrogen and oxygen atoms in total. The molecule has 1 aliphatic rings. The molecule has 2 rings (SSSR count). The fourth-order valence-corrected chi connectivity index (χ4v) is 2.49. The van der Waals surface area contributed by atoms with Crippen LogP contribution in [-0.2, 0) is 14.4 Å². The summed E-state index contributed by atoms with van der Waals surface area (Å²) in [6, 6.07) is 7.06. The third-order valence-corrected chi connectivity index (χ3v) is 3.86. The van der Waals surface area contributed by atoms with Crippen molar-refractivity contribution < 1.29 is 19.5 Å². The van der Waals surface area contributed by atoms with Crippen LogP contribution in [0.3, 0.4) is 0 Å². The summed E-state index contributed by atoms with van der Waals surface area (Å²) in [5, 5.41) is 18.4. The van der Waals surface area contributed by atoms with Gasteiger partial charge in [0.25, 0.3) is 0 Å². The fraction of sp³-hybridized carbons (Fsp3) is 0.375. The Morgan fingerprint density at radius 2 is 1.92 bits per heavy atom. The molecule has 0 unspecified atom stereocenters. The first-order valence-corrected chi connectivity index (χ1v) is 7.82. The number of aliphatic carboxylic acids is 1. The Bertz CT molecular complexity index is 674. The third-order valence-electron chi connectivity index (χ3n) is 3.86. The summed E-state index contributed by atoms with van der Waals surface area (Å²) in [6.07, 6.45) is -0.149. The van der Waals surface area contributed by atoms with Crippen LogP contribution in [0.25, 0.3) is 0 Å². The van der Waals surface area contributed by atoms with Gasteiger partial charge < -0.3 is 26.0 Å². The van der Waals surface area contributed by atoms with Gasteiger partial charge in [0.05, 0.1) is 19.5 Å². The number of hydrogen-bond donors (Lipinski definition) is 4. The topological polar surface area (TPSA) is 140 Å². The van der Waals surface area contributed by atoms with Gasteiger partial charge in [0, 0.05) is 30.9 Å². The summed E-state index contributed by atoms with van der Waals surface area (Å²) < 4.78 is 0. The number of nitrogens with two attached hydrogens (primary N) is 1. The van der Waals surface area contributed by atoms with Crippen molar-refractivity contribution in [1.82, 2.24) is 10.2 Å². The highest BCUT2D eigenvalue weighted by Crippen LogP contribution is 2.17. The Hall–Kier alpha value is -3.10. The highest BCUT2D eigenvalue weighted by atomic mass is 16.4. The number of rotatable bonds is 7. The number of carbonyl (C=O) groups is 3. The van der Waals surface area contributed by atoms with E-state index < -0.39 is 5.97 Å². The zero-order valence-electron chi connectivity index (χ0n) is 13.7. The Morgan fingerprint density at radius 3 is 2.48 bits per heavy atom. The van der Waals surface area contributed by atoms with Crippen LogP contribution >= 0.6 is 0 Å². The minimum atomic E-state index is -0.985. The normalized spacial score (nSPS) is 14.3. The number of amidine groups is 1. The molecule has 1 aliphatic heterocycles. The molecule has 0 bridgehead atoms. The summed E-state index contributed by atoms with van der Waals surface area (Å²) in [7, 11) is 0. The van der Waals surface area contributed by atoms with E-state index in [9.17, 15) is 14.4 Å². The number of benzene rings is 1. The van der Waals surface area contributed by atoms with Crippen molar-refractivity contribution in [3.8, 4) is 0 Å².